The SMILES string of the molecule is CCCCCCCC(=O)N[C@@H](C(=O)NCCc1ccccc1)C(C=N)C(N)=O. The van der Waals surface area contributed by atoms with Crippen LogP contribution in [0, 0.1) is 11.3 Å². The minimum absolute atomic E-state index is 0.279. The number of carbonyl (C=O) groups excluding carboxylic acids is 3. The molecule has 0 saturated carbocycles. The van der Waals surface area contributed by atoms with E-state index in [1.165, 1.54) is 0 Å². The Bertz CT molecular complexity index is 634. The van der Waals surface area contributed by atoms with Crippen LogP contribution in [-0.2, 0) is 20.8 Å². The van der Waals surface area contributed by atoms with E-state index in [1.807, 2.05) is 30.3 Å². The van der Waals surface area contributed by atoms with E-state index in [1.54, 1.807) is 0 Å². The summed E-state index contributed by atoms with van der Waals surface area (Å²) >= 11 is 0. The lowest BCUT2D eigenvalue weighted by Crippen LogP contribution is -2.54. The molecule has 3 amide bonds. The van der Waals surface area contributed by atoms with E-state index >= 15 is 0 Å². The standard InChI is InChI=1S/C21H32N4O3/c1-2-3-4-5-9-12-18(26)25-19(17(15-22)20(23)27)21(28)24-14-13-16-10-7-6-8-11-16/h6-8,10-11,15,17,19,22H,2-5,9,12-14H2,1H3,(H2,23,27)(H,24,28)(H,25,26)/t17?,19-/m1/s1. The van der Waals surface area contributed by atoms with Crippen molar-refractivity contribution in [1.82, 2.24) is 10.6 Å². The lowest BCUT2D eigenvalue weighted by Gasteiger charge is -2.22. The molecule has 7 heteroatoms. The number of carbonyl (C=O) groups is 3. The van der Waals surface area contributed by atoms with Gasteiger partial charge in [0.15, 0.2) is 0 Å². The van der Waals surface area contributed by atoms with Gasteiger partial charge in [-0.15, -0.1) is 0 Å². The molecule has 1 aromatic carbocycles. The van der Waals surface area contributed by atoms with E-state index in [4.69, 9.17) is 11.1 Å². The van der Waals surface area contributed by atoms with Crippen molar-refractivity contribution in [2.45, 2.75) is 57.9 Å². The molecule has 5 N–H and O–H groups in total. The first-order valence-corrected chi connectivity index (χ1v) is 9.90. The fourth-order valence-corrected chi connectivity index (χ4v) is 2.88. The topological polar surface area (TPSA) is 125 Å². The second kappa shape index (κ2) is 13.5. The minimum atomic E-state index is -1.18. The van der Waals surface area contributed by atoms with Crippen LogP contribution in [-0.4, -0.2) is 36.5 Å². The van der Waals surface area contributed by atoms with Gasteiger partial charge >= 0.3 is 0 Å². The van der Waals surface area contributed by atoms with Gasteiger partial charge in [-0.05, 0) is 18.4 Å². The highest BCUT2D eigenvalue weighted by Crippen LogP contribution is 2.07. The molecule has 0 bridgehead atoms. The summed E-state index contributed by atoms with van der Waals surface area (Å²) in [5.74, 6) is -2.82. The molecule has 2 atom stereocenters. The zero-order valence-corrected chi connectivity index (χ0v) is 16.6. The van der Waals surface area contributed by atoms with Crippen LogP contribution >= 0.6 is 0 Å². The Balaban J connectivity index is 2.60. The van der Waals surface area contributed by atoms with Gasteiger partial charge in [-0.3, -0.25) is 14.4 Å². The van der Waals surface area contributed by atoms with Crippen molar-refractivity contribution in [2.24, 2.45) is 11.7 Å². The molecule has 0 aliphatic carbocycles. The van der Waals surface area contributed by atoms with E-state index in [-0.39, 0.29) is 12.3 Å². The van der Waals surface area contributed by atoms with Crippen LogP contribution in [0.3, 0.4) is 0 Å². The maximum atomic E-state index is 12.6. The van der Waals surface area contributed by atoms with Crippen LogP contribution in [0.2, 0.25) is 0 Å². The normalized spacial score (nSPS) is 12.6. The summed E-state index contributed by atoms with van der Waals surface area (Å²) in [7, 11) is 0. The Hall–Kier alpha value is -2.70. The first kappa shape index (κ1) is 23.3. The number of unbranched alkanes of at least 4 members (excludes halogenated alkanes) is 4. The van der Waals surface area contributed by atoms with Gasteiger partial charge in [-0.2, -0.15) is 0 Å². The summed E-state index contributed by atoms with van der Waals surface area (Å²) in [4.78, 5) is 36.4. The van der Waals surface area contributed by atoms with Gasteiger partial charge in [-0.25, -0.2) is 0 Å². The molecule has 0 spiro atoms. The second-order valence-electron chi connectivity index (χ2n) is 6.83. The Kier molecular flexibility index (Phi) is 11.2. The van der Waals surface area contributed by atoms with Crippen molar-refractivity contribution in [1.29, 1.82) is 5.41 Å². The number of primary amides is 1. The molecule has 7 nitrogen and oxygen atoms in total. The van der Waals surface area contributed by atoms with E-state index in [9.17, 15) is 14.4 Å². The molecular weight excluding hydrogens is 356 g/mol. The van der Waals surface area contributed by atoms with Crippen LogP contribution in [0.1, 0.15) is 51.0 Å². The molecule has 1 aromatic rings. The molecule has 0 saturated heterocycles. The van der Waals surface area contributed by atoms with Gasteiger partial charge in [0.05, 0.1) is 0 Å². The molecule has 0 heterocycles. The van der Waals surface area contributed by atoms with Gasteiger partial charge in [0.2, 0.25) is 17.7 Å². The summed E-state index contributed by atoms with van der Waals surface area (Å²) in [5.41, 5.74) is 6.38. The third-order valence-electron chi connectivity index (χ3n) is 4.53. The smallest absolute Gasteiger partial charge is 0.243 e. The van der Waals surface area contributed by atoms with E-state index in [0.29, 0.717) is 13.0 Å². The van der Waals surface area contributed by atoms with Crippen LogP contribution < -0.4 is 16.4 Å². The molecule has 28 heavy (non-hydrogen) atoms. The zero-order chi connectivity index (χ0) is 20.8. The van der Waals surface area contributed by atoms with Crippen molar-refractivity contribution in [3.63, 3.8) is 0 Å². The fraction of sp³-hybridized carbons (Fsp3) is 0.524. The molecular formula is C21H32N4O3. The third-order valence-corrected chi connectivity index (χ3v) is 4.53. The van der Waals surface area contributed by atoms with Gasteiger partial charge in [0.1, 0.15) is 12.0 Å². The monoisotopic (exact) mass is 388 g/mol. The number of benzene rings is 1. The largest absolute Gasteiger partial charge is 0.369 e. The highest BCUT2D eigenvalue weighted by Gasteiger charge is 2.32. The average molecular weight is 389 g/mol. The predicted octanol–water partition coefficient (Wildman–Crippen LogP) is 1.94. The highest BCUT2D eigenvalue weighted by atomic mass is 16.2. The fourth-order valence-electron chi connectivity index (χ4n) is 2.88. The summed E-state index contributed by atoms with van der Waals surface area (Å²) in [6.07, 6.45) is 6.70. The third kappa shape index (κ3) is 8.79. The zero-order valence-electron chi connectivity index (χ0n) is 16.6. The molecule has 1 unspecified atom stereocenters. The number of amides is 3. The summed E-state index contributed by atoms with van der Waals surface area (Å²) in [5, 5.41) is 12.7. The quantitative estimate of drug-likeness (QED) is 0.287. The van der Waals surface area contributed by atoms with Crippen LogP contribution in [0.15, 0.2) is 30.3 Å². The summed E-state index contributed by atoms with van der Waals surface area (Å²) in [6, 6.07) is 8.48. The number of rotatable bonds is 14. The van der Waals surface area contributed by atoms with Crippen molar-refractivity contribution in [3.05, 3.63) is 35.9 Å². The minimum Gasteiger partial charge on any atom is -0.369 e. The highest BCUT2D eigenvalue weighted by molar-refractivity contribution is 6.00. The maximum absolute atomic E-state index is 12.6. The first-order valence-electron chi connectivity index (χ1n) is 9.90. The molecule has 1 rings (SSSR count). The van der Waals surface area contributed by atoms with Gasteiger partial charge in [0.25, 0.3) is 0 Å². The lowest BCUT2D eigenvalue weighted by molar-refractivity contribution is -0.132. The van der Waals surface area contributed by atoms with Gasteiger partial charge < -0.3 is 21.8 Å². The van der Waals surface area contributed by atoms with Gasteiger partial charge in [-0.1, -0.05) is 62.9 Å². The molecule has 0 aliphatic rings. The Morgan fingerprint density at radius 2 is 1.79 bits per heavy atom. The predicted molar refractivity (Wildman–Crippen MR) is 110 cm³/mol. The van der Waals surface area contributed by atoms with Crippen LogP contribution in [0.5, 0.6) is 0 Å². The number of nitrogens with two attached hydrogens (primary N) is 1. The number of hydrogen-bond donors (Lipinski definition) is 4. The van der Waals surface area contributed by atoms with Crippen LogP contribution in [0.4, 0.5) is 0 Å². The number of nitrogens with one attached hydrogen (secondary N) is 3. The maximum Gasteiger partial charge on any atom is 0.243 e. The Labute approximate surface area is 167 Å². The van der Waals surface area contributed by atoms with E-state index < -0.39 is 23.8 Å². The summed E-state index contributed by atoms with van der Waals surface area (Å²) < 4.78 is 0. The van der Waals surface area contributed by atoms with Crippen molar-refractivity contribution in [2.75, 3.05) is 6.54 Å². The molecule has 0 aliphatic heterocycles. The van der Waals surface area contributed by atoms with Crippen molar-refractivity contribution in [3.8, 4) is 0 Å². The molecule has 0 fully saturated rings. The summed E-state index contributed by atoms with van der Waals surface area (Å²) in [6.45, 7) is 2.48. The Morgan fingerprint density at radius 3 is 2.39 bits per heavy atom. The lowest BCUT2D eigenvalue weighted by atomic mass is 9.98. The van der Waals surface area contributed by atoms with E-state index in [0.717, 1.165) is 43.9 Å². The second-order valence-corrected chi connectivity index (χ2v) is 6.83. The molecule has 0 radical (unpaired) electrons. The average Bonchev–Trinajstić information content (AvgIpc) is 2.68. The van der Waals surface area contributed by atoms with Crippen molar-refractivity contribution < 1.29 is 14.4 Å². The van der Waals surface area contributed by atoms with Gasteiger partial charge in [0, 0.05) is 19.2 Å². The van der Waals surface area contributed by atoms with Crippen LogP contribution in [0.25, 0.3) is 0 Å². The number of hydrogen-bond acceptors (Lipinski definition) is 4. The first-order chi connectivity index (χ1) is 13.5. The molecule has 0 aromatic heterocycles. The van der Waals surface area contributed by atoms with E-state index in [2.05, 4.69) is 17.6 Å². The van der Waals surface area contributed by atoms with Crippen molar-refractivity contribution >= 4 is 23.9 Å². The molecule has 154 valence electrons. The Morgan fingerprint density at radius 1 is 1.11 bits per heavy atom.